The molecule has 0 saturated heterocycles. The van der Waals surface area contributed by atoms with Gasteiger partial charge in [-0.1, -0.05) is 60.7 Å². The Morgan fingerprint density at radius 3 is 2.33 bits per heavy atom. The van der Waals surface area contributed by atoms with Crippen LogP contribution in [0.2, 0.25) is 0 Å². The van der Waals surface area contributed by atoms with E-state index in [9.17, 15) is 0 Å². The number of hydrogen-bond donors (Lipinski definition) is 0. The first-order valence-electron chi connectivity index (χ1n) is 11.8. The monoisotopic (exact) mass is 422 g/mol. The minimum atomic E-state index is 0.994. The lowest BCUT2D eigenvalue weighted by atomic mass is 9.96. The predicted octanol–water partition coefficient (Wildman–Crippen LogP) is 7.40. The third-order valence-electron chi connectivity index (χ3n) is 7.99. The van der Waals surface area contributed by atoms with Gasteiger partial charge in [-0.25, -0.2) is 4.98 Å². The first kappa shape index (κ1) is 17.6. The van der Waals surface area contributed by atoms with Crippen LogP contribution in [0.25, 0.3) is 49.6 Å². The van der Waals surface area contributed by atoms with Crippen LogP contribution in [0, 0.1) is 13.8 Å². The molecule has 156 valence electrons. The number of fused-ring (bicyclic) bond motifs is 13. The molecule has 2 aromatic heterocycles. The fourth-order valence-electron chi connectivity index (χ4n) is 6.36. The average molecular weight is 423 g/mol. The van der Waals surface area contributed by atoms with Crippen LogP contribution in [-0.4, -0.2) is 9.38 Å². The molecular weight excluding hydrogens is 400 g/mol. The summed E-state index contributed by atoms with van der Waals surface area (Å²) < 4.78 is 2.37. The van der Waals surface area contributed by atoms with E-state index in [4.69, 9.17) is 4.98 Å². The molecule has 33 heavy (non-hydrogen) atoms. The summed E-state index contributed by atoms with van der Waals surface area (Å²) in [7, 11) is 0. The van der Waals surface area contributed by atoms with Gasteiger partial charge in [0.1, 0.15) is 5.65 Å². The lowest BCUT2D eigenvalue weighted by Crippen LogP contribution is -1.96. The van der Waals surface area contributed by atoms with E-state index in [1.54, 1.807) is 0 Å². The highest BCUT2D eigenvalue weighted by molar-refractivity contribution is 6.15. The van der Waals surface area contributed by atoms with E-state index in [1.165, 1.54) is 71.9 Å². The van der Waals surface area contributed by atoms with Crippen LogP contribution in [0.4, 0.5) is 0 Å². The van der Waals surface area contributed by atoms with Gasteiger partial charge >= 0.3 is 0 Å². The Hall–Kier alpha value is -3.91. The van der Waals surface area contributed by atoms with Gasteiger partial charge in [-0.05, 0) is 88.7 Å². The van der Waals surface area contributed by atoms with Crippen LogP contribution >= 0.6 is 0 Å². The molecule has 2 aliphatic carbocycles. The van der Waals surface area contributed by atoms with E-state index in [2.05, 4.69) is 91.0 Å². The molecule has 2 heteroatoms. The Balaban J connectivity index is 1.48. The molecule has 0 amide bonds. The third-order valence-corrected chi connectivity index (χ3v) is 7.99. The summed E-state index contributed by atoms with van der Waals surface area (Å²) in [6.07, 6.45) is 2.04. The first-order valence-corrected chi connectivity index (χ1v) is 11.8. The van der Waals surface area contributed by atoms with Crippen LogP contribution in [0.15, 0.2) is 72.8 Å². The molecule has 0 unspecified atom stereocenters. The zero-order chi connectivity index (χ0) is 21.8. The molecule has 4 aromatic carbocycles. The van der Waals surface area contributed by atoms with Crippen molar-refractivity contribution in [2.45, 2.75) is 26.7 Å². The van der Waals surface area contributed by atoms with Gasteiger partial charge in [-0.3, -0.25) is 4.40 Å². The summed E-state index contributed by atoms with van der Waals surface area (Å²) in [5, 5.41) is 3.93. The summed E-state index contributed by atoms with van der Waals surface area (Å²) in [6.45, 7) is 4.30. The smallest absolute Gasteiger partial charge is 0.145 e. The predicted molar refractivity (Wildman–Crippen MR) is 136 cm³/mol. The Labute approximate surface area is 192 Å². The summed E-state index contributed by atoms with van der Waals surface area (Å²) in [6, 6.07) is 27.3. The maximum absolute atomic E-state index is 4.95. The van der Waals surface area contributed by atoms with E-state index < -0.39 is 0 Å². The summed E-state index contributed by atoms with van der Waals surface area (Å²) in [5.41, 5.74) is 16.1. The lowest BCUT2D eigenvalue weighted by Gasteiger charge is -2.13. The van der Waals surface area contributed by atoms with E-state index in [0.29, 0.717) is 0 Å². The first-order chi connectivity index (χ1) is 16.2. The van der Waals surface area contributed by atoms with Gasteiger partial charge in [0.15, 0.2) is 0 Å². The molecule has 8 rings (SSSR count). The van der Waals surface area contributed by atoms with Gasteiger partial charge in [-0.2, -0.15) is 0 Å². The van der Waals surface area contributed by atoms with Gasteiger partial charge in [0.25, 0.3) is 0 Å². The number of aromatic nitrogens is 2. The van der Waals surface area contributed by atoms with Crippen molar-refractivity contribution in [3.63, 3.8) is 0 Å². The van der Waals surface area contributed by atoms with Crippen LogP contribution in [0.1, 0.15) is 33.6 Å². The maximum Gasteiger partial charge on any atom is 0.145 e. The van der Waals surface area contributed by atoms with Gasteiger partial charge < -0.3 is 0 Å². The number of benzene rings is 4. The van der Waals surface area contributed by atoms with Crippen molar-refractivity contribution in [3.05, 3.63) is 106 Å². The van der Waals surface area contributed by atoms with E-state index >= 15 is 0 Å². The summed E-state index contributed by atoms with van der Waals surface area (Å²) in [5.74, 6) is 0. The van der Waals surface area contributed by atoms with Crippen molar-refractivity contribution in [3.8, 4) is 22.3 Å². The van der Waals surface area contributed by atoms with Crippen molar-refractivity contribution in [2.75, 3.05) is 0 Å². The van der Waals surface area contributed by atoms with Crippen LogP contribution in [0.3, 0.4) is 0 Å². The topological polar surface area (TPSA) is 17.3 Å². The average Bonchev–Trinajstić information content (AvgIpc) is 3.48. The Kier molecular flexibility index (Phi) is 3.15. The quantitative estimate of drug-likeness (QED) is 0.233. The highest BCUT2D eigenvalue weighted by atomic mass is 15.0. The van der Waals surface area contributed by atoms with Crippen LogP contribution in [0.5, 0.6) is 0 Å². The summed E-state index contributed by atoms with van der Waals surface area (Å²) in [4.78, 5) is 4.95. The fraction of sp³-hybridized carbons (Fsp3) is 0.129. The zero-order valence-corrected chi connectivity index (χ0v) is 18.7. The zero-order valence-electron chi connectivity index (χ0n) is 18.7. The number of imidazole rings is 1. The van der Waals surface area contributed by atoms with Crippen molar-refractivity contribution >= 4 is 27.3 Å². The van der Waals surface area contributed by atoms with Crippen molar-refractivity contribution in [2.24, 2.45) is 0 Å². The molecule has 2 aliphatic rings. The second-order valence-electron chi connectivity index (χ2n) is 9.65. The van der Waals surface area contributed by atoms with Gasteiger partial charge in [0, 0.05) is 16.5 Å². The fourth-order valence-corrected chi connectivity index (χ4v) is 6.36. The number of aryl methyl sites for hydroxylation is 2. The second-order valence-corrected chi connectivity index (χ2v) is 9.65. The number of nitrogens with zero attached hydrogens (tertiary/aromatic N) is 2. The molecule has 0 fully saturated rings. The van der Waals surface area contributed by atoms with Crippen molar-refractivity contribution < 1.29 is 0 Å². The SMILES string of the molecule is Cc1nc2c3ccccc3c3c4c(ccc3n2c1C)-c1cc2c(cc1C4)Cc1ccccc1-2. The van der Waals surface area contributed by atoms with E-state index in [-0.39, 0.29) is 0 Å². The largest absolute Gasteiger partial charge is 0.296 e. The van der Waals surface area contributed by atoms with Crippen LogP contribution < -0.4 is 0 Å². The molecule has 0 radical (unpaired) electrons. The number of rotatable bonds is 0. The molecule has 0 N–H and O–H groups in total. The molecular formula is C31H22N2. The van der Waals surface area contributed by atoms with Crippen molar-refractivity contribution in [1.29, 1.82) is 0 Å². The second kappa shape index (κ2) is 5.90. The minimum absolute atomic E-state index is 0.994. The Bertz CT molecular complexity index is 1830. The standard InChI is InChI=1S/C31H22N2/c1-17-18(2)33-29-12-11-23-27-16-26-20(13-19-7-3-4-8-22(19)26)14-21(27)15-28(23)30(29)24-9-5-6-10-25(24)31(33)32-17/h3-12,14,16H,13,15H2,1-2H3. The molecule has 6 aromatic rings. The normalized spacial score (nSPS) is 13.5. The Morgan fingerprint density at radius 1 is 0.667 bits per heavy atom. The molecule has 2 nitrogen and oxygen atoms in total. The molecule has 0 saturated carbocycles. The molecule has 2 heterocycles. The van der Waals surface area contributed by atoms with Gasteiger partial charge in [0.05, 0.1) is 11.2 Å². The molecule has 0 atom stereocenters. The summed E-state index contributed by atoms with van der Waals surface area (Å²) >= 11 is 0. The highest BCUT2D eigenvalue weighted by Gasteiger charge is 2.27. The van der Waals surface area contributed by atoms with Crippen LogP contribution in [-0.2, 0) is 12.8 Å². The molecule has 0 aliphatic heterocycles. The number of hydrogen-bond acceptors (Lipinski definition) is 1. The van der Waals surface area contributed by atoms with E-state index in [1.807, 2.05) is 0 Å². The van der Waals surface area contributed by atoms with Crippen molar-refractivity contribution in [1.82, 2.24) is 9.38 Å². The number of pyridine rings is 1. The van der Waals surface area contributed by atoms with E-state index in [0.717, 1.165) is 24.2 Å². The molecule has 0 spiro atoms. The Morgan fingerprint density at radius 2 is 1.42 bits per heavy atom. The third kappa shape index (κ3) is 2.11. The van der Waals surface area contributed by atoms with Gasteiger partial charge in [-0.15, -0.1) is 0 Å². The lowest BCUT2D eigenvalue weighted by molar-refractivity contribution is 1.14. The highest BCUT2D eigenvalue weighted by Crippen LogP contribution is 2.47. The maximum atomic E-state index is 4.95. The minimum Gasteiger partial charge on any atom is -0.296 e. The van der Waals surface area contributed by atoms with Gasteiger partial charge in [0.2, 0.25) is 0 Å². The molecule has 0 bridgehead atoms.